The van der Waals surface area contributed by atoms with E-state index in [4.69, 9.17) is 9.47 Å². The maximum absolute atomic E-state index is 9.92. The first-order chi connectivity index (χ1) is 8.54. The van der Waals surface area contributed by atoms with Gasteiger partial charge in [-0.25, -0.2) is 0 Å². The van der Waals surface area contributed by atoms with E-state index in [0.717, 1.165) is 32.1 Å². The van der Waals surface area contributed by atoms with Gasteiger partial charge in [-0.05, 0) is 12.8 Å². The van der Waals surface area contributed by atoms with Gasteiger partial charge in [-0.1, -0.05) is 6.42 Å². The van der Waals surface area contributed by atoms with E-state index in [1.165, 1.54) is 0 Å². The third-order valence-corrected chi connectivity index (χ3v) is 4.36. The smallest absolute Gasteiger partial charge is 0.169 e. The molecule has 0 unspecified atom stereocenters. The molecule has 0 bridgehead atoms. The van der Waals surface area contributed by atoms with E-state index < -0.39 is 42.4 Å². The minimum atomic E-state index is -1.40. The lowest BCUT2D eigenvalue weighted by molar-refractivity contribution is -0.203. The summed E-state index contributed by atoms with van der Waals surface area (Å²) in [6, 6.07) is 0. The van der Waals surface area contributed by atoms with Gasteiger partial charge in [0.25, 0.3) is 0 Å². The van der Waals surface area contributed by atoms with Gasteiger partial charge in [0, 0.05) is 12.8 Å². The molecule has 6 heteroatoms. The van der Waals surface area contributed by atoms with Gasteiger partial charge >= 0.3 is 0 Å². The summed E-state index contributed by atoms with van der Waals surface area (Å²) in [6.45, 7) is 0. The van der Waals surface area contributed by atoms with Gasteiger partial charge in [0.2, 0.25) is 0 Å². The molecule has 6 nitrogen and oxygen atoms in total. The minimum Gasteiger partial charge on any atom is -0.387 e. The van der Waals surface area contributed by atoms with Crippen molar-refractivity contribution in [3.8, 4) is 0 Å². The average molecular weight is 260 g/mol. The van der Waals surface area contributed by atoms with E-state index in [0.29, 0.717) is 0 Å². The van der Waals surface area contributed by atoms with Crippen LogP contribution in [0, 0.1) is 0 Å². The van der Waals surface area contributed by atoms with Crippen LogP contribution in [-0.4, -0.2) is 62.8 Å². The third kappa shape index (κ3) is 1.79. The third-order valence-electron chi connectivity index (χ3n) is 4.36. The Labute approximate surface area is 105 Å². The molecule has 1 spiro atoms. The van der Waals surface area contributed by atoms with Gasteiger partial charge < -0.3 is 29.9 Å². The second-order valence-corrected chi connectivity index (χ2v) is 5.60. The average Bonchev–Trinajstić information content (AvgIpc) is 2.74. The first-order valence-electron chi connectivity index (χ1n) is 6.62. The number of fused-ring (bicyclic) bond motifs is 1. The van der Waals surface area contributed by atoms with E-state index in [2.05, 4.69) is 0 Å². The zero-order valence-electron chi connectivity index (χ0n) is 10.1. The lowest BCUT2D eigenvalue weighted by Crippen LogP contribution is -2.62. The van der Waals surface area contributed by atoms with Crippen LogP contribution in [0.4, 0.5) is 0 Å². The molecule has 3 fully saturated rings. The molecule has 0 aromatic carbocycles. The van der Waals surface area contributed by atoms with E-state index in [-0.39, 0.29) is 0 Å². The molecule has 4 N–H and O–H groups in total. The standard InChI is InChI=1S/C12H20O6/c13-6-7(14)9(16)11-10(8(6)15)17-12(18-11)4-2-1-3-5-12/h6-11,13-16H,1-5H2/t6-,7-,8-,9+,10-,11+/m0/s1. The minimum absolute atomic E-state index is 0.728. The molecule has 104 valence electrons. The highest BCUT2D eigenvalue weighted by Crippen LogP contribution is 2.44. The van der Waals surface area contributed by atoms with Crippen molar-refractivity contribution in [3.05, 3.63) is 0 Å². The fraction of sp³-hybridized carbons (Fsp3) is 1.00. The van der Waals surface area contributed by atoms with Gasteiger partial charge in [0.05, 0.1) is 0 Å². The Morgan fingerprint density at radius 1 is 0.667 bits per heavy atom. The molecule has 6 atom stereocenters. The maximum Gasteiger partial charge on any atom is 0.169 e. The summed E-state index contributed by atoms with van der Waals surface area (Å²) in [5.74, 6) is -0.751. The molecule has 0 aromatic rings. The Kier molecular flexibility index (Phi) is 3.12. The Morgan fingerprint density at radius 2 is 1.11 bits per heavy atom. The van der Waals surface area contributed by atoms with Crippen LogP contribution in [0.2, 0.25) is 0 Å². The first-order valence-corrected chi connectivity index (χ1v) is 6.62. The topological polar surface area (TPSA) is 99.4 Å². The lowest BCUT2D eigenvalue weighted by atomic mass is 9.85. The number of ether oxygens (including phenoxy) is 2. The van der Waals surface area contributed by atoms with E-state index in [9.17, 15) is 20.4 Å². The van der Waals surface area contributed by atoms with Gasteiger partial charge in [0.1, 0.15) is 36.6 Å². The highest BCUT2D eigenvalue weighted by Gasteiger charge is 2.59. The highest BCUT2D eigenvalue weighted by atomic mass is 16.8. The van der Waals surface area contributed by atoms with Crippen LogP contribution >= 0.6 is 0 Å². The van der Waals surface area contributed by atoms with Crippen molar-refractivity contribution >= 4 is 0 Å². The molecular weight excluding hydrogens is 240 g/mol. The Morgan fingerprint density at radius 3 is 1.56 bits per heavy atom. The van der Waals surface area contributed by atoms with E-state index in [1.807, 2.05) is 0 Å². The lowest BCUT2D eigenvalue weighted by Gasteiger charge is -2.38. The summed E-state index contributed by atoms with van der Waals surface area (Å²) in [4.78, 5) is 0. The normalized spacial score (nSPS) is 51.3. The first kappa shape index (κ1) is 12.8. The Balaban J connectivity index is 1.82. The summed E-state index contributed by atoms with van der Waals surface area (Å²) in [7, 11) is 0. The van der Waals surface area contributed by atoms with Crippen molar-refractivity contribution in [2.45, 2.75) is 74.5 Å². The summed E-state index contributed by atoms with van der Waals surface area (Å²) in [6.07, 6.45) is -2.24. The molecule has 2 aliphatic carbocycles. The van der Waals surface area contributed by atoms with Crippen molar-refractivity contribution in [2.24, 2.45) is 0 Å². The van der Waals surface area contributed by atoms with Gasteiger partial charge in [-0.2, -0.15) is 0 Å². The predicted octanol–water partition coefficient (Wildman–Crippen LogP) is -1.11. The van der Waals surface area contributed by atoms with Crippen LogP contribution in [0.3, 0.4) is 0 Å². The fourth-order valence-electron chi connectivity index (χ4n) is 3.30. The number of aliphatic hydroxyl groups is 4. The van der Waals surface area contributed by atoms with Gasteiger partial charge in [0.15, 0.2) is 5.79 Å². The van der Waals surface area contributed by atoms with Gasteiger partial charge in [-0.15, -0.1) is 0 Å². The molecule has 1 heterocycles. The second kappa shape index (κ2) is 4.40. The van der Waals surface area contributed by atoms with E-state index >= 15 is 0 Å². The van der Waals surface area contributed by atoms with Crippen molar-refractivity contribution in [1.29, 1.82) is 0 Å². The predicted molar refractivity (Wildman–Crippen MR) is 59.6 cm³/mol. The molecule has 3 aliphatic rings. The summed E-state index contributed by atoms with van der Waals surface area (Å²) in [5, 5.41) is 39.2. The van der Waals surface area contributed by atoms with Crippen LogP contribution in [0.15, 0.2) is 0 Å². The van der Waals surface area contributed by atoms with Crippen LogP contribution in [-0.2, 0) is 9.47 Å². The summed E-state index contributed by atoms with van der Waals surface area (Å²) < 4.78 is 11.6. The molecule has 18 heavy (non-hydrogen) atoms. The molecular formula is C12H20O6. The molecule has 0 radical (unpaired) electrons. The fourth-order valence-corrected chi connectivity index (χ4v) is 3.30. The SMILES string of the molecule is O[C@H]1[C@H](O)[C@H](O)[C@@H]2OC3(CCCCC3)O[C@@H]2[C@@H]1O. The zero-order chi connectivity index (χ0) is 12.9. The molecule has 1 saturated heterocycles. The van der Waals surface area contributed by atoms with Gasteiger partial charge in [-0.3, -0.25) is 0 Å². The largest absolute Gasteiger partial charge is 0.387 e. The second-order valence-electron chi connectivity index (χ2n) is 5.60. The molecule has 2 saturated carbocycles. The van der Waals surface area contributed by atoms with Crippen molar-refractivity contribution < 1.29 is 29.9 Å². The molecule has 0 amide bonds. The Hall–Kier alpha value is -0.240. The maximum atomic E-state index is 9.92. The highest BCUT2D eigenvalue weighted by molar-refractivity contribution is 5.04. The van der Waals surface area contributed by atoms with Crippen molar-refractivity contribution in [3.63, 3.8) is 0 Å². The van der Waals surface area contributed by atoms with E-state index in [1.54, 1.807) is 0 Å². The van der Waals surface area contributed by atoms with Crippen LogP contribution in [0.25, 0.3) is 0 Å². The number of aliphatic hydroxyl groups excluding tert-OH is 4. The number of hydrogen-bond acceptors (Lipinski definition) is 6. The molecule has 1 aliphatic heterocycles. The number of hydrogen-bond donors (Lipinski definition) is 4. The van der Waals surface area contributed by atoms with Crippen LogP contribution < -0.4 is 0 Å². The van der Waals surface area contributed by atoms with Crippen molar-refractivity contribution in [2.75, 3.05) is 0 Å². The summed E-state index contributed by atoms with van der Waals surface area (Å²) >= 11 is 0. The molecule has 0 aromatic heterocycles. The monoisotopic (exact) mass is 260 g/mol. The summed E-state index contributed by atoms with van der Waals surface area (Å²) in [5.41, 5.74) is 0. The van der Waals surface area contributed by atoms with Crippen molar-refractivity contribution in [1.82, 2.24) is 0 Å². The van der Waals surface area contributed by atoms with Crippen LogP contribution in [0.5, 0.6) is 0 Å². The Bertz CT molecular complexity index is 292. The zero-order valence-corrected chi connectivity index (χ0v) is 10.1. The number of rotatable bonds is 0. The van der Waals surface area contributed by atoms with Crippen LogP contribution in [0.1, 0.15) is 32.1 Å². The molecule has 3 rings (SSSR count). The quantitative estimate of drug-likeness (QED) is 0.441.